The van der Waals surface area contributed by atoms with Crippen molar-refractivity contribution in [2.24, 2.45) is 0 Å². The van der Waals surface area contributed by atoms with Crippen molar-refractivity contribution in [3.8, 4) is 39.1 Å². The molecule has 378 valence electrons. The van der Waals surface area contributed by atoms with Crippen LogP contribution >= 0.6 is 0 Å². The maximum Gasteiger partial charge on any atom is 0.0541 e. The zero-order valence-corrected chi connectivity index (χ0v) is 44.8. The van der Waals surface area contributed by atoms with Gasteiger partial charge < -0.3 is 18.3 Å². The number of hydrogen-bond acceptors (Lipinski definition) is 0. The molecular formula is C72H70N4. The Bertz CT molecular complexity index is 4060. The molecule has 0 saturated heterocycles. The smallest absolute Gasteiger partial charge is 0.0541 e. The lowest BCUT2D eigenvalue weighted by Crippen LogP contribution is -1.97. The third-order valence-corrected chi connectivity index (χ3v) is 16.9. The van der Waals surface area contributed by atoms with Crippen LogP contribution in [0.4, 0.5) is 0 Å². The minimum atomic E-state index is 1.05. The van der Waals surface area contributed by atoms with E-state index >= 15 is 0 Å². The Hall–Kier alpha value is -7.82. The summed E-state index contributed by atoms with van der Waals surface area (Å²) in [6.07, 6.45) is 15.0. The van der Waals surface area contributed by atoms with Crippen molar-refractivity contribution in [2.45, 2.75) is 117 Å². The van der Waals surface area contributed by atoms with Crippen molar-refractivity contribution in [3.05, 3.63) is 188 Å². The lowest BCUT2D eigenvalue weighted by Gasteiger charge is -2.11. The quantitative estimate of drug-likeness (QED) is 0.0720. The van der Waals surface area contributed by atoms with E-state index in [2.05, 4.69) is 227 Å². The van der Waals surface area contributed by atoms with Gasteiger partial charge in [0.2, 0.25) is 0 Å². The highest BCUT2D eigenvalue weighted by atomic mass is 15.0. The molecule has 0 N–H and O–H groups in total. The Morgan fingerprint density at radius 3 is 0.855 bits per heavy atom. The minimum Gasteiger partial charge on any atom is -0.340 e. The highest BCUT2D eigenvalue weighted by Gasteiger charge is 2.19. The Morgan fingerprint density at radius 1 is 0.237 bits per heavy atom. The molecule has 76 heavy (non-hydrogen) atoms. The van der Waals surface area contributed by atoms with Crippen molar-refractivity contribution in [1.29, 1.82) is 0 Å². The standard InChI is InChI=1S/C72H70N4/c1-4-7-10-19-42-73-65-25-16-13-22-57(65)60-45-51(30-37-68(60)73)50-28-35-56(36-29-50)76-71-40-33-54(52-31-38-69-61(46-52)58-23-14-17-26-66(58)74(69)43-20-11-8-5-2)48-63(71)64-49-55(34-41-72(64)76)53-32-39-70-62(47-53)59-24-15-18-27-67(59)75(70)44-21-12-9-6-3/h13-18,22-41,45-49H,4-12,19-21,42-44H2,1-3H3. The molecule has 13 rings (SSSR count). The number of rotatable bonds is 19. The van der Waals surface area contributed by atoms with Crippen molar-refractivity contribution in [1.82, 2.24) is 18.3 Å². The lowest BCUT2D eigenvalue weighted by molar-refractivity contribution is 0.602. The van der Waals surface area contributed by atoms with Gasteiger partial charge in [-0.05, 0) is 144 Å². The van der Waals surface area contributed by atoms with Gasteiger partial charge in [-0.3, -0.25) is 0 Å². The van der Waals surface area contributed by atoms with Crippen molar-refractivity contribution < 1.29 is 0 Å². The second-order valence-corrected chi connectivity index (χ2v) is 21.7. The second-order valence-electron chi connectivity index (χ2n) is 21.7. The maximum atomic E-state index is 2.56. The third-order valence-electron chi connectivity index (χ3n) is 16.9. The van der Waals surface area contributed by atoms with Gasteiger partial charge in [-0.15, -0.1) is 0 Å². The molecule has 0 atom stereocenters. The number of unbranched alkanes of at least 4 members (excludes halogenated alkanes) is 9. The molecule has 4 heteroatoms. The molecule has 13 aromatic rings. The van der Waals surface area contributed by atoms with E-state index in [1.165, 1.54) is 198 Å². The Balaban J connectivity index is 0.920. The van der Waals surface area contributed by atoms with Gasteiger partial charge in [0.1, 0.15) is 0 Å². The van der Waals surface area contributed by atoms with Gasteiger partial charge in [-0.1, -0.05) is 176 Å². The predicted molar refractivity (Wildman–Crippen MR) is 329 cm³/mol. The number of benzene rings is 9. The SMILES string of the molecule is CCCCCCn1c2ccccc2c2cc(-c3ccc(-n4c5ccc(-c6ccc7c(c6)c6ccccc6n7CCCCCC)cc5c5cc(-c6ccc7c(c6)c6ccccc6n7CCCCCC)ccc54)cc3)ccc21. The second kappa shape index (κ2) is 20.7. The fourth-order valence-corrected chi connectivity index (χ4v) is 13.0. The zero-order valence-electron chi connectivity index (χ0n) is 44.8. The normalized spacial score (nSPS) is 12.1. The van der Waals surface area contributed by atoms with E-state index in [-0.39, 0.29) is 0 Å². The first-order valence-corrected chi connectivity index (χ1v) is 28.8. The Morgan fingerprint density at radius 2 is 0.513 bits per heavy atom. The van der Waals surface area contributed by atoms with Gasteiger partial charge in [0.25, 0.3) is 0 Å². The van der Waals surface area contributed by atoms with E-state index in [4.69, 9.17) is 0 Å². The number of aromatic nitrogens is 4. The fourth-order valence-electron chi connectivity index (χ4n) is 13.0. The summed E-state index contributed by atoms with van der Waals surface area (Å²) in [4.78, 5) is 0. The van der Waals surface area contributed by atoms with Gasteiger partial charge in [-0.2, -0.15) is 0 Å². The van der Waals surface area contributed by atoms with Gasteiger partial charge in [0, 0.05) is 102 Å². The molecular weight excluding hydrogens is 921 g/mol. The molecule has 0 aliphatic rings. The summed E-state index contributed by atoms with van der Waals surface area (Å²) in [7, 11) is 0. The van der Waals surface area contributed by atoms with Crippen LogP contribution in [0.15, 0.2) is 188 Å². The molecule has 0 radical (unpaired) electrons. The molecule has 0 spiro atoms. The fraction of sp³-hybridized carbons (Fsp3) is 0.250. The van der Waals surface area contributed by atoms with E-state index in [0.29, 0.717) is 0 Å². The van der Waals surface area contributed by atoms with Crippen LogP contribution in [0.5, 0.6) is 0 Å². The van der Waals surface area contributed by atoms with Crippen LogP contribution in [-0.4, -0.2) is 18.3 Å². The Labute approximate surface area is 447 Å². The molecule has 0 unspecified atom stereocenters. The van der Waals surface area contributed by atoms with Crippen LogP contribution < -0.4 is 0 Å². The zero-order chi connectivity index (χ0) is 51.1. The molecule has 0 fully saturated rings. The third kappa shape index (κ3) is 8.47. The maximum absolute atomic E-state index is 2.56. The first kappa shape index (κ1) is 47.9. The Kier molecular flexibility index (Phi) is 13.0. The summed E-state index contributed by atoms with van der Waals surface area (Å²) in [5, 5.41) is 10.5. The lowest BCUT2D eigenvalue weighted by atomic mass is 9.98. The summed E-state index contributed by atoms with van der Waals surface area (Å²) in [5.74, 6) is 0. The topological polar surface area (TPSA) is 19.7 Å². The van der Waals surface area contributed by atoms with Crippen molar-refractivity contribution >= 4 is 87.2 Å². The summed E-state index contributed by atoms with van der Waals surface area (Å²) < 4.78 is 10.2. The number of para-hydroxylation sites is 3. The highest BCUT2D eigenvalue weighted by Crippen LogP contribution is 2.41. The molecule has 0 aliphatic carbocycles. The van der Waals surface area contributed by atoms with Crippen LogP contribution in [0.25, 0.3) is 126 Å². The minimum absolute atomic E-state index is 1.05. The average Bonchev–Trinajstić information content (AvgIpc) is 4.22. The van der Waals surface area contributed by atoms with Crippen molar-refractivity contribution in [3.63, 3.8) is 0 Å². The predicted octanol–water partition coefficient (Wildman–Crippen LogP) is 20.8. The molecule has 0 amide bonds. The molecule has 4 heterocycles. The number of hydrogen-bond donors (Lipinski definition) is 0. The van der Waals surface area contributed by atoms with Crippen LogP contribution in [0.3, 0.4) is 0 Å². The van der Waals surface area contributed by atoms with Crippen LogP contribution in [-0.2, 0) is 19.6 Å². The molecule has 0 bridgehead atoms. The molecule has 4 aromatic heterocycles. The van der Waals surface area contributed by atoms with Gasteiger partial charge in [0.15, 0.2) is 0 Å². The largest absolute Gasteiger partial charge is 0.340 e. The van der Waals surface area contributed by atoms with E-state index < -0.39 is 0 Å². The molecule has 0 aliphatic heterocycles. The highest BCUT2D eigenvalue weighted by molar-refractivity contribution is 6.14. The molecule has 4 nitrogen and oxygen atoms in total. The van der Waals surface area contributed by atoms with E-state index in [1.807, 2.05) is 0 Å². The van der Waals surface area contributed by atoms with E-state index in [1.54, 1.807) is 0 Å². The number of aryl methyl sites for hydroxylation is 3. The summed E-state index contributed by atoms with van der Waals surface area (Å²) in [6.45, 7) is 10.0. The summed E-state index contributed by atoms with van der Waals surface area (Å²) in [6, 6.07) is 72.1. The average molecular weight is 991 g/mol. The molecule has 0 saturated carbocycles. The van der Waals surface area contributed by atoms with E-state index in [0.717, 1.165) is 25.3 Å². The van der Waals surface area contributed by atoms with Gasteiger partial charge >= 0.3 is 0 Å². The van der Waals surface area contributed by atoms with E-state index in [9.17, 15) is 0 Å². The van der Waals surface area contributed by atoms with Crippen LogP contribution in [0.1, 0.15) is 97.8 Å². The van der Waals surface area contributed by atoms with Gasteiger partial charge in [0.05, 0.1) is 11.0 Å². The summed E-state index contributed by atoms with van der Waals surface area (Å²) >= 11 is 0. The van der Waals surface area contributed by atoms with Crippen molar-refractivity contribution in [2.75, 3.05) is 0 Å². The molecule has 9 aromatic carbocycles. The summed E-state index contributed by atoms with van der Waals surface area (Å²) in [5.41, 5.74) is 19.0. The number of nitrogens with zero attached hydrogens (tertiary/aromatic N) is 4. The monoisotopic (exact) mass is 991 g/mol. The van der Waals surface area contributed by atoms with Gasteiger partial charge in [-0.25, -0.2) is 0 Å². The van der Waals surface area contributed by atoms with Crippen LogP contribution in [0, 0.1) is 0 Å². The first-order valence-electron chi connectivity index (χ1n) is 28.8. The number of fused-ring (bicyclic) bond motifs is 12. The van der Waals surface area contributed by atoms with Crippen LogP contribution in [0.2, 0.25) is 0 Å². The first-order chi connectivity index (χ1) is 37.6.